The second-order valence-corrected chi connectivity index (χ2v) is 6.40. The molecule has 0 bridgehead atoms. The van der Waals surface area contributed by atoms with Crippen LogP contribution in [0.15, 0.2) is 0 Å². The molecular formula is C14H21NO6. The van der Waals surface area contributed by atoms with E-state index in [0.29, 0.717) is 5.06 Å². The van der Waals surface area contributed by atoms with Crippen LogP contribution in [0.2, 0.25) is 0 Å². The van der Waals surface area contributed by atoms with Crippen molar-refractivity contribution in [3.05, 3.63) is 0 Å². The number of ether oxygens (including phenoxy) is 1. The highest BCUT2D eigenvalue weighted by molar-refractivity contribution is 6.01. The Kier molecular flexibility index (Phi) is 4.76. The maximum Gasteiger partial charge on any atom is 0.338 e. The van der Waals surface area contributed by atoms with E-state index >= 15 is 0 Å². The average Bonchev–Trinajstić information content (AvgIpc) is 2.68. The second kappa shape index (κ2) is 5.83. The first-order chi connectivity index (χ1) is 9.51. The first-order valence-electron chi connectivity index (χ1n) is 6.68. The lowest BCUT2D eigenvalue weighted by Gasteiger charge is -2.31. The molecule has 1 saturated heterocycles. The summed E-state index contributed by atoms with van der Waals surface area (Å²) >= 11 is 0. The molecule has 0 aromatic heterocycles. The third-order valence-corrected chi connectivity index (χ3v) is 3.35. The summed E-state index contributed by atoms with van der Waals surface area (Å²) < 4.78 is 4.70. The first kappa shape index (κ1) is 17.1. The Morgan fingerprint density at radius 3 is 1.86 bits per heavy atom. The molecule has 0 aromatic carbocycles. The van der Waals surface area contributed by atoms with E-state index in [4.69, 9.17) is 9.57 Å². The quantitative estimate of drug-likeness (QED) is 0.560. The van der Waals surface area contributed by atoms with Gasteiger partial charge in [-0.15, -0.1) is 5.06 Å². The molecule has 1 fully saturated rings. The van der Waals surface area contributed by atoms with Gasteiger partial charge in [-0.2, -0.15) is 0 Å². The molecule has 0 atom stereocenters. The van der Waals surface area contributed by atoms with Crippen molar-refractivity contribution >= 4 is 23.8 Å². The van der Waals surface area contributed by atoms with Gasteiger partial charge in [0.1, 0.15) is 0 Å². The molecule has 2 amide bonds. The van der Waals surface area contributed by atoms with Crippen LogP contribution in [0.1, 0.15) is 47.0 Å². The van der Waals surface area contributed by atoms with Crippen molar-refractivity contribution in [1.82, 2.24) is 5.06 Å². The third kappa shape index (κ3) is 3.80. The zero-order valence-electron chi connectivity index (χ0n) is 13.0. The SMILES string of the molecule is COC(=O)C(C)(C)CC(C)(C)C(=O)ON1C(=O)CCC1=O. The Labute approximate surface area is 123 Å². The standard InChI is InChI=1S/C14H21NO6/c1-13(2,11(18)20-5)8-14(3,4)12(19)21-15-9(16)6-7-10(15)17/h6-8H2,1-5H3. The van der Waals surface area contributed by atoms with Crippen LogP contribution in [0.3, 0.4) is 0 Å². The molecule has 1 heterocycles. The summed E-state index contributed by atoms with van der Waals surface area (Å²) in [5, 5.41) is 0.509. The molecule has 0 spiro atoms. The summed E-state index contributed by atoms with van der Waals surface area (Å²) in [6, 6.07) is 0. The maximum absolute atomic E-state index is 12.2. The Hall–Kier alpha value is -1.92. The number of hydrogen-bond donors (Lipinski definition) is 0. The van der Waals surface area contributed by atoms with E-state index in [-0.39, 0.29) is 19.3 Å². The van der Waals surface area contributed by atoms with E-state index < -0.39 is 34.6 Å². The topological polar surface area (TPSA) is 90.0 Å². The van der Waals surface area contributed by atoms with Gasteiger partial charge < -0.3 is 9.57 Å². The molecule has 1 aliphatic heterocycles. The number of carbonyl (C=O) groups excluding carboxylic acids is 4. The van der Waals surface area contributed by atoms with Crippen LogP contribution in [-0.4, -0.2) is 35.9 Å². The van der Waals surface area contributed by atoms with Gasteiger partial charge in [0.05, 0.1) is 17.9 Å². The molecule has 7 heteroatoms. The Morgan fingerprint density at radius 2 is 1.43 bits per heavy atom. The van der Waals surface area contributed by atoms with Crippen molar-refractivity contribution in [3.8, 4) is 0 Å². The molecule has 1 rings (SSSR count). The van der Waals surface area contributed by atoms with Crippen molar-refractivity contribution in [2.24, 2.45) is 10.8 Å². The van der Waals surface area contributed by atoms with E-state index in [0.717, 1.165) is 0 Å². The summed E-state index contributed by atoms with van der Waals surface area (Å²) in [6.07, 6.45) is 0.238. The number of amides is 2. The first-order valence-corrected chi connectivity index (χ1v) is 6.68. The lowest BCUT2D eigenvalue weighted by molar-refractivity contribution is -0.205. The molecule has 0 aromatic rings. The van der Waals surface area contributed by atoms with E-state index in [1.807, 2.05) is 0 Å². The molecule has 7 nitrogen and oxygen atoms in total. The average molecular weight is 299 g/mol. The van der Waals surface area contributed by atoms with Crippen LogP contribution in [0, 0.1) is 10.8 Å². The lowest BCUT2D eigenvalue weighted by atomic mass is 9.75. The minimum Gasteiger partial charge on any atom is -0.469 e. The molecule has 0 aliphatic carbocycles. The van der Waals surface area contributed by atoms with Crippen LogP contribution in [0.5, 0.6) is 0 Å². The van der Waals surface area contributed by atoms with Gasteiger partial charge in [0.2, 0.25) is 0 Å². The molecular weight excluding hydrogens is 278 g/mol. The predicted molar refractivity (Wildman–Crippen MR) is 71.4 cm³/mol. The molecule has 0 saturated carbocycles. The zero-order chi connectivity index (χ0) is 16.4. The number of carbonyl (C=O) groups is 4. The summed E-state index contributed by atoms with van der Waals surface area (Å²) in [5.41, 5.74) is -1.95. The fourth-order valence-corrected chi connectivity index (χ4v) is 2.39. The zero-order valence-corrected chi connectivity index (χ0v) is 13.0. The molecule has 118 valence electrons. The number of imide groups is 1. The van der Waals surface area contributed by atoms with Crippen molar-refractivity contribution in [1.29, 1.82) is 0 Å². The maximum atomic E-state index is 12.2. The summed E-state index contributed by atoms with van der Waals surface area (Å²) in [4.78, 5) is 51.7. The van der Waals surface area contributed by atoms with Gasteiger partial charge in [0.25, 0.3) is 11.8 Å². The molecule has 0 radical (unpaired) electrons. The van der Waals surface area contributed by atoms with Gasteiger partial charge in [-0.05, 0) is 34.1 Å². The fraction of sp³-hybridized carbons (Fsp3) is 0.714. The van der Waals surface area contributed by atoms with Crippen molar-refractivity contribution in [2.75, 3.05) is 7.11 Å². The minimum atomic E-state index is -1.05. The van der Waals surface area contributed by atoms with Gasteiger partial charge >= 0.3 is 11.9 Å². The van der Waals surface area contributed by atoms with Crippen LogP contribution in [0.4, 0.5) is 0 Å². The summed E-state index contributed by atoms with van der Waals surface area (Å²) in [6.45, 7) is 6.48. The number of hydrogen-bond acceptors (Lipinski definition) is 6. The van der Waals surface area contributed by atoms with E-state index in [1.54, 1.807) is 27.7 Å². The van der Waals surface area contributed by atoms with Crippen molar-refractivity contribution in [2.45, 2.75) is 47.0 Å². The van der Waals surface area contributed by atoms with Gasteiger partial charge in [-0.25, -0.2) is 4.79 Å². The van der Waals surface area contributed by atoms with E-state index in [2.05, 4.69) is 0 Å². The van der Waals surface area contributed by atoms with Crippen molar-refractivity contribution in [3.63, 3.8) is 0 Å². The predicted octanol–water partition coefficient (Wildman–Crippen LogP) is 1.21. The second-order valence-electron chi connectivity index (χ2n) is 6.40. The number of nitrogens with zero attached hydrogens (tertiary/aromatic N) is 1. The van der Waals surface area contributed by atoms with Crippen LogP contribution >= 0.6 is 0 Å². The van der Waals surface area contributed by atoms with Crippen LogP contribution in [-0.2, 0) is 28.8 Å². The lowest BCUT2D eigenvalue weighted by Crippen LogP contribution is -2.41. The highest BCUT2D eigenvalue weighted by atomic mass is 16.7. The summed E-state index contributed by atoms with van der Waals surface area (Å²) in [7, 11) is 1.27. The summed E-state index contributed by atoms with van der Waals surface area (Å²) in [5.74, 6) is -2.24. The largest absolute Gasteiger partial charge is 0.469 e. The fourth-order valence-electron chi connectivity index (χ4n) is 2.39. The molecule has 1 aliphatic rings. The van der Waals surface area contributed by atoms with Crippen molar-refractivity contribution < 1.29 is 28.8 Å². The number of rotatable bonds is 5. The Morgan fingerprint density at radius 1 is 1.00 bits per heavy atom. The third-order valence-electron chi connectivity index (χ3n) is 3.35. The molecule has 0 unspecified atom stereocenters. The van der Waals surface area contributed by atoms with Gasteiger partial charge in [0, 0.05) is 12.8 Å². The minimum absolute atomic E-state index is 0.0419. The monoisotopic (exact) mass is 299 g/mol. The van der Waals surface area contributed by atoms with Crippen LogP contribution < -0.4 is 0 Å². The van der Waals surface area contributed by atoms with E-state index in [9.17, 15) is 19.2 Å². The normalized spacial score (nSPS) is 16.1. The highest BCUT2D eigenvalue weighted by Gasteiger charge is 2.43. The number of esters is 1. The number of methoxy groups -OCH3 is 1. The van der Waals surface area contributed by atoms with Gasteiger partial charge in [0.15, 0.2) is 0 Å². The molecule has 21 heavy (non-hydrogen) atoms. The van der Waals surface area contributed by atoms with E-state index in [1.165, 1.54) is 7.11 Å². The van der Waals surface area contributed by atoms with Crippen LogP contribution in [0.25, 0.3) is 0 Å². The Bertz CT molecular complexity index is 464. The highest BCUT2D eigenvalue weighted by Crippen LogP contribution is 2.36. The smallest absolute Gasteiger partial charge is 0.338 e. The van der Waals surface area contributed by atoms with Gasteiger partial charge in [-0.1, -0.05) is 0 Å². The molecule has 0 N–H and O–H groups in total. The van der Waals surface area contributed by atoms with Gasteiger partial charge in [-0.3, -0.25) is 14.4 Å². The Balaban J connectivity index is 2.78. The number of hydroxylamine groups is 2.